The van der Waals surface area contributed by atoms with Gasteiger partial charge in [-0.3, -0.25) is 4.90 Å². The topological polar surface area (TPSA) is 80.8 Å². The molecule has 2 fully saturated rings. The number of hydrogen-bond donors (Lipinski definition) is 2. The molecule has 5 aliphatic rings. The Balaban J connectivity index is 1.42. The number of anilines is 1. The standard InChI is InChI=1S/C28H29N3O3/c1-33-20-9-8-16-12-21-28(32)13-18-23(29)17-4-2-3-5-19(17)30-24(18)26-27(28,22(16)25(20)34-26)10-11-31(21)14-15-6-7-15/h2-5,8-9,15,21,26,32H,6-7,10-14H2,1H3,(H2,29,30)/t21-,26?,27+,28?/m1/s1. The van der Waals surface area contributed by atoms with Crippen molar-refractivity contribution in [3.05, 3.63) is 58.8 Å². The number of hydrogen-bond acceptors (Lipinski definition) is 6. The molecular formula is C28H29N3O3. The van der Waals surface area contributed by atoms with Crippen LogP contribution in [0, 0.1) is 5.92 Å². The van der Waals surface area contributed by atoms with Crippen LogP contribution < -0.4 is 15.2 Å². The summed E-state index contributed by atoms with van der Waals surface area (Å²) in [6.07, 6.45) is 4.42. The molecule has 3 aliphatic carbocycles. The zero-order valence-corrected chi connectivity index (χ0v) is 19.4. The van der Waals surface area contributed by atoms with Crippen molar-refractivity contribution < 1.29 is 14.6 Å². The van der Waals surface area contributed by atoms with E-state index >= 15 is 0 Å². The number of para-hydroxylation sites is 1. The molecule has 2 bridgehead atoms. The first-order valence-corrected chi connectivity index (χ1v) is 12.6. The number of rotatable bonds is 3. The summed E-state index contributed by atoms with van der Waals surface area (Å²) in [6, 6.07) is 12.3. The Kier molecular flexibility index (Phi) is 3.57. The number of nitrogen functional groups attached to an aromatic ring is 1. The van der Waals surface area contributed by atoms with Crippen molar-refractivity contribution in [3.8, 4) is 11.5 Å². The van der Waals surface area contributed by atoms with Gasteiger partial charge in [0.1, 0.15) is 0 Å². The van der Waals surface area contributed by atoms with Gasteiger partial charge in [-0.25, -0.2) is 4.98 Å². The van der Waals surface area contributed by atoms with Gasteiger partial charge in [0, 0.05) is 41.2 Å². The number of fused-ring (bicyclic) bond motifs is 3. The monoisotopic (exact) mass is 455 g/mol. The summed E-state index contributed by atoms with van der Waals surface area (Å²) in [5.41, 5.74) is 11.2. The van der Waals surface area contributed by atoms with Gasteiger partial charge in [-0.2, -0.15) is 0 Å². The van der Waals surface area contributed by atoms with E-state index < -0.39 is 11.0 Å². The first kappa shape index (κ1) is 19.5. The maximum absolute atomic E-state index is 12.9. The number of ether oxygens (including phenoxy) is 2. The van der Waals surface area contributed by atoms with Crippen molar-refractivity contribution in [2.75, 3.05) is 25.9 Å². The van der Waals surface area contributed by atoms with Crippen molar-refractivity contribution in [2.24, 2.45) is 5.92 Å². The molecule has 4 atom stereocenters. The third-order valence-corrected chi connectivity index (χ3v) is 9.48. The van der Waals surface area contributed by atoms with Crippen molar-refractivity contribution in [2.45, 2.75) is 55.3 Å². The highest BCUT2D eigenvalue weighted by molar-refractivity contribution is 5.92. The van der Waals surface area contributed by atoms with Gasteiger partial charge in [-0.05, 0) is 55.8 Å². The lowest BCUT2D eigenvalue weighted by Gasteiger charge is -2.63. The number of aromatic nitrogens is 1. The maximum atomic E-state index is 12.9. The van der Waals surface area contributed by atoms with E-state index in [9.17, 15) is 5.11 Å². The molecule has 2 unspecified atom stereocenters. The molecule has 6 heteroatoms. The van der Waals surface area contributed by atoms with Gasteiger partial charge in [0.05, 0.1) is 29.3 Å². The summed E-state index contributed by atoms with van der Waals surface area (Å²) in [6.45, 7) is 2.04. The highest BCUT2D eigenvalue weighted by Crippen LogP contribution is 2.69. The van der Waals surface area contributed by atoms with Crippen molar-refractivity contribution in [1.82, 2.24) is 9.88 Å². The number of likely N-dealkylation sites (tertiary alicyclic amines) is 1. The number of nitrogens with two attached hydrogens (primary N) is 1. The maximum Gasteiger partial charge on any atom is 0.166 e. The molecule has 1 saturated heterocycles. The van der Waals surface area contributed by atoms with Crippen LogP contribution in [0.25, 0.3) is 10.9 Å². The molecule has 1 spiro atoms. The summed E-state index contributed by atoms with van der Waals surface area (Å²) in [4.78, 5) is 7.70. The van der Waals surface area contributed by atoms with E-state index in [0.29, 0.717) is 6.42 Å². The normalized spacial score (nSPS) is 32.8. The highest BCUT2D eigenvalue weighted by atomic mass is 16.5. The van der Waals surface area contributed by atoms with E-state index in [1.165, 1.54) is 18.4 Å². The lowest BCUT2D eigenvalue weighted by atomic mass is 9.48. The van der Waals surface area contributed by atoms with Crippen LogP contribution in [0.5, 0.6) is 11.5 Å². The zero-order chi connectivity index (χ0) is 22.8. The largest absolute Gasteiger partial charge is 0.493 e. The Labute approximate surface area is 198 Å². The zero-order valence-electron chi connectivity index (χ0n) is 19.4. The molecule has 3 heterocycles. The van der Waals surface area contributed by atoms with Crippen LogP contribution in [0.1, 0.15) is 47.8 Å². The molecule has 174 valence electrons. The van der Waals surface area contributed by atoms with E-state index in [1.807, 2.05) is 30.3 Å². The van der Waals surface area contributed by atoms with Gasteiger partial charge in [0.25, 0.3) is 0 Å². The molecule has 3 N–H and O–H groups in total. The Morgan fingerprint density at radius 1 is 1.24 bits per heavy atom. The van der Waals surface area contributed by atoms with Gasteiger partial charge >= 0.3 is 0 Å². The van der Waals surface area contributed by atoms with Crippen LogP contribution in [0.15, 0.2) is 36.4 Å². The van der Waals surface area contributed by atoms with Gasteiger partial charge in [0.15, 0.2) is 17.6 Å². The van der Waals surface area contributed by atoms with Crippen molar-refractivity contribution in [3.63, 3.8) is 0 Å². The fraction of sp³-hybridized carbons (Fsp3) is 0.464. The van der Waals surface area contributed by atoms with Crippen molar-refractivity contribution >= 4 is 16.6 Å². The Morgan fingerprint density at radius 2 is 2.09 bits per heavy atom. The van der Waals surface area contributed by atoms with Gasteiger partial charge < -0.3 is 20.3 Å². The summed E-state index contributed by atoms with van der Waals surface area (Å²) >= 11 is 0. The molecular weight excluding hydrogens is 426 g/mol. The molecule has 0 radical (unpaired) electrons. The second kappa shape index (κ2) is 6.23. The smallest absolute Gasteiger partial charge is 0.166 e. The number of piperidine rings is 1. The van der Waals surface area contributed by atoms with Crippen LogP contribution in [0.3, 0.4) is 0 Å². The predicted molar refractivity (Wildman–Crippen MR) is 129 cm³/mol. The lowest BCUT2D eigenvalue weighted by Crippen LogP contribution is -2.74. The van der Waals surface area contributed by atoms with Crippen LogP contribution in [-0.2, 0) is 18.3 Å². The van der Waals surface area contributed by atoms with Gasteiger partial charge in [-0.15, -0.1) is 0 Å². The summed E-state index contributed by atoms with van der Waals surface area (Å²) in [5, 5.41) is 13.8. The molecule has 34 heavy (non-hydrogen) atoms. The molecule has 6 nitrogen and oxygen atoms in total. The van der Waals surface area contributed by atoms with Crippen LogP contribution in [0.4, 0.5) is 5.69 Å². The molecule has 8 rings (SSSR count). The minimum absolute atomic E-state index is 0.0406. The van der Waals surface area contributed by atoms with E-state index in [4.69, 9.17) is 20.2 Å². The molecule has 1 aromatic heterocycles. The fourth-order valence-corrected chi connectivity index (χ4v) is 7.77. The first-order chi connectivity index (χ1) is 16.5. The Hall–Kier alpha value is -2.83. The minimum atomic E-state index is -0.972. The molecule has 3 aromatic rings. The average Bonchev–Trinajstić information content (AvgIpc) is 3.59. The number of methoxy groups -OCH3 is 1. The number of nitrogens with zero attached hydrogens (tertiary/aromatic N) is 2. The molecule has 0 amide bonds. The third kappa shape index (κ3) is 2.13. The van der Waals surface area contributed by atoms with E-state index in [0.717, 1.165) is 76.8 Å². The average molecular weight is 456 g/mol. The summed E-state index contributed by atoms with van der Waals surface area (Å²) in [5.74, 6) is 2.30. The van der Waals surface area contributed by atoms with Crippen LogP contribution in [-0.4, -0.2) is 46.8 Å². The summed E-state index contributed by atoms with van der Waals surface area (Å²) < 4.78 is 12.5. The number of benzene rings is 2. The van der Waals surface area contributed by atoms with E-state index in [2.05, 4.69) is 11.0 Å². The highest BCUT2D eigenvalue weighted by Gasteiger charge is 2.73. The predicted octanol–water partition coefficient (Wildman–Crippen LogP) is 3.52. The molecule has 1 saturated carbocycles. The Morgan fingerprint density at radius 3 is 2.91 bits per heavy atom. The fourth-order valence-electron chi connectivity index (χ4n) is 7.77. The third-order valence-electron chi connectivity index (χ3n) is 9.48. The SMILES string of the molecule is COc1ccc2c3c1OC1c4nc5ccccc5c(N)c4CC4(O)[C@@H](C2)N(CC2CC2)CC[C@]314. The molecule has 2 aliphatic heterocycles. The minimum Gasteiger partial charge on any atom is -0.493 e. The quantitative estimate of drug-likeness (QED) is 0.629. The van der Waals surface area contributed by atoms with Gasteiger partial charge in [-0.1, -0.05) is 24.3 Å². The first-order valence-electron chi connectivity index (χ1n) is 12.6. The second-order valence-corrected chi connectivity index (χ2v) is 11.0. The van der Waals surface area contributed by atoms with Crippen molar-refractivity contribution in [1.29, 1.82) is 0 Å². The van der Waals surface area contributed by atoms with E-state index in [-0.39, 0.29) is 12.1 Å². The second-order valence-electron chi connectivity index (χ2n) is 11.0. The molecule has 2 aromatic carbocycles. The Bertz CT molecular complexity index is 1390. The van der Waals surface area contributed by atoms with Crippen LogP contribution in [0.2, 0.25) is 0 Å². The van der Waals surface area contributed by atoms with Gasteiger partial charge in [0.2, 0.25) is 0 Å². The van der Waals surface area contributed by atoms with E-state index in [1.54, 1.807) is 7.11 Å². The van der Waals surface area contributed by atoms with Crippen LogP contribution >= 0.6 is 0 Å². The summed E-state index contributed by atoms with van der Waals surface area (Å²) in [7, 11) is 1.69. The number of pyridine rings is 1. The lowest BCUT2D eigenvalue weighted by molar-refractivity contribution is -0.173. The number of aliphatic hydroxyl groups is 1.